The highest BCUT2D eigenvalue weighted by Gasteiger charge is 2.31. The molecule has 2 aromatic carbocycles. The molecule has 0 spiro atoms. The number of methoxy groups -OCH3 is 1. The Hall–Kier alpha value is -2.68. The van der Waals surface area contributed by atoms with Crippen molar-refractivity contribution in [3.8, 4) is 0 Å². The maximum Gasteiger partial charge on any atom is 0.330 e. The predicted molar refractivity (Wildman–Crippen MR) is 138 cm³/mol. The lowest BCUT2D eigenvalue weighted by Gasteiger charge is -2.34. The van der Waals surface area contributed by atoms with Gasteiger partial charge in [0.25, 0.3) is 0 Å². The van der Waals surface area contributed by atoms with Crippen molar-refractivity contribution in [2.45, 2.75) is 79.6 Å². The fourth-order valence-corrected chi connectivity index (χ4v) is 4.52. The summed E-state index contributed by atoms with van der Waals surface area (Å²) in [5, 5.41) is 0. The molecule has 0 saturated carbocycles. The average Bonchev–Trinajstić information content (AvgIpc) is 2.78. The summed E-state index contributed by atoms with van der Waals surface area (Å²) >= 11 is 0. The summed E-state index contributed by atoms with van der Waals surface area (Å²) in [6, 6.07) is 13.3. The Morgan fingerprint density at radius 1 is 0.909 bits per heavy atom. The molecule has 0 aromatic heterocycles. The molecule has 3 heteroatoms. The Morgan fingerprint density at radius 3 is 1.97 bits per heavy atom. The van der Waals surface area contributed by atoms with Gasteiger partial charge >= 0.3 is 5.97 Å². The molecule has 0 unspecified atom stereocenters. The number of ether oxygens (including phenoxy) is 1. The van der Waals surface area contributed by atoms with Crippen LogP contribution in [0.5, 0.6) is 0 Å². The zero-order chi connectivity index (χ0) is 24.8. The molecule has 0 atom stereocenters. The Kier molecular flexibility index (Phi) is 8.82. The second-order valence-corrected chi connectivity index (χ2v) is 10.0. The zero-order valence-corrected chi connectivity index (χ0v) is 21.7. The number of hydrogen-bond acceptors (Lipinski definition) is 3. The van der Waals surface area contributed by atoms with E-state index >= 15 is 0 Å². The topological polar surface area (TPSA) is 43.4 Å². The van der Waals surface area contributed by atoms with Crippen molar-refractivity contribution >= 4 is 17.8 Å². The lowest BCUT2D eigenvalue weighted by Crippen LogP contribution is -2.26. The van der Waals surface area contributed by atoms with E-state index in [1.807, 2.05) is 26.8 Å². The number of ketones is 1. The van der Waals surface area contributed by atoms with Crippen molar-refractivity contribution in [3.05, 3.63) is 75.9 Å². The molecule has 0 amide bonds. The van der Waals surface area contributed by atoms with Crippen LogP contribution in [0.4, 0.5) is 0 Å². The SMILES string of the molecule is CCC(CC)(c1ccc(/C=C/C(=O)OC)c(C)c1)c1ccc(CCC(=O)C(C)(C)C)c(C)c1. The highest BCUT2D eigenvalue weighted by atomic mass is 16.5. The quantitative estimate of drug-likeness (QED) is 0.302. The van der Waals surface area contributed by atoms with Gasteiger partial charge in [0, 0.05) is 23.3 Å². The number of hydrogen-bond donors (Lipinski definition) is 0. The minimum absolute atomic E-state index is 0.0835. The fraction of sp³-hybridized carbons (Fsp3) is 0.467. The first-order valence-corrected chi connectivity index (χ1v) is 12.0. The van der Waals surface area contributed by atoms with Gasteiger partial charge in [0.1, 0.15) is 5.78 Å². The minimum Gasteiger partial charge on any atom is -0.466 e. The minimum atomic E-state index is -0.352. The first kappa shape index (κ1) is 26.6. The third-order valence-corrected chi connectivity index (χ3v) is 6.98. The number of aryl methyl sites for hydroxylation is 3. The number of carbonyl (C=O) groups excluding carboxylic acids is 2. The maximum absolute atomic E-state index is 12.4. The summed E-state index contributed by atoms with van der Waals surface area (Å²) in [5.41, 5.74) is 6.87. The number of Topliss-reactive ketones (excluding diaryl/α,β-unsaturated/α-hetero) is 1. The van der Waals surface area contributed by atoms with E-state index in [0.29, 0.717) is 12.2 Å². The standard InChI is InChI=1S/C30H40O3/c1-9-30(10-2,26-16-12-24(22(4)20-26)14-18-28(32)33-8)25-15-11-23(21(3)19-25)13-17-27(31)29(5,6)7/h11-12,14-16,18-20H,9-10,13,17H2,1-8H3/b18-14+. The van der Waals surface area contributed by atoms with Crippen LogP contribution < -0.4 is 0 Å². The van der Waals surface area contributed by atoms with Crippen LogP contribution in [0.2, 0.25) is 0 Å². The first-order valence-electron chi connectivity index (χ1n) is 12.0. The largest absolute Gasteiger partial charge is 0.466 e. The molecule has 0 aliphatic carbocycles. The molecular weight excluding hydrogens is 408 g/mol. The summed E-state index contributed by atoms with van der Waals surface area (Å²) in [6.07, 6.45) is 6.61. The Balaban J connectivity index is 2.38. The average molecular weight is 449 g/mol. The predicted octanol–water partition coefficient (Wildman–Crippen LogP) is 7.14. The van der Waals surface area contributed by atoms with Gasteiger partial charge in [-0.25, -0.2) is 4.79 Å². The summed E-state index contributed by atoms with van der Waals surface area (Å²) in [7, 11) is 1.38. The van der Waals surface area contributed by atoms with Crippen LogP contribution in [0.25, 0.3) is 6.08 Å². The molecule has 0 aliphatic rings. The van der Waals surface area contributed by atoms with Crippen molar-refractivity contribution in [1.29, 1.82) is 0 Å². The highest BCUT2D eigenvalue weighted by Crippen LogP contribution is 2.40. The molecule has 2 aromatic rings. The van der Waals surface area contributed by atoms with Gasteiger partial charge in [-0.15, -0.1) is 0 Å². The summed E-state index contributed by atoms with van der Waals surface area (Å²) in [5.74, 6) is -0.0473. The van der Waals surface area contributed by atoms with E-state index in [2.05, 4.69) is 64.1 Å². The van der Waals surface area contributed by atoms with Gasteiger partial charge in [-0.05, 0) is 72.6 Å². The third-order valence-electron chi connectivity index (χ3n) is 6.98. The zero-order valence-electron chi connectivity index (χ0n) is 21.7. The maximum atomic E-state index is 12.4. The summed E-state index contributed by atoms with van der Waals surface area (Å²) in [6.45, 7) is 14.7. The second kappa shape index (κ2) is 11.0. The molecular formula is C30H40O3. The number of benzene rings is 2. The van der Waals surface area contributed by atoms with Gasteiger partial charge in [0.15, 0.2) is 0 Å². The first-order chi connectivity index (χ1) is 15.5. The van der Waals surface area contributed by atoms with Crippen LogP contribution in [-0.4, -0.2) is 18.9 Å². The van der Waals surface area contributed by atoms with Crippen molar-refractivity contribution in [3.63, 3.8) is 0 Å². The third kappa shape index (κ3) is 6.22. The fourth-order valence-electron chi connectivity index (χ4n) is 4.52. The van der Waals surface area contributed by atoms with E-state index in [1.54, 1.807) is 0 Å². The van der Waals surface area contributed by atoms with Gasteiger partial charge in [0.2, 0.25) is 0 Å². The van der Waals surface area contributed by atoms with Gasteiger partial charge in [-0.2, -0.15) is 0 Å². The molecule has 0 bridgehead atoms. The van der Waals surface area contributed by atoms with Crippen LogP contribution in [0.15, 0.2) is 42.5 Å². The molecule has 0 heterocycles. The molecule has 178 valence electrons. The molecule has 2 rings (SSSR count). The second-order valence-electron chi connectivity index (χ2n) is 10.0. The summed E-state index contributed by atoms with van der Waals surface area (Å²) < 4.78 is 4.71. The van der Waals surface area contributed by atoms with Crippen LogP contribution >= 0.6 is 0 Å². The Labute approximate surface area is 200 Å². The number of carbonyl (C=O) groups is 2. The van der Waals surface area contributed by atoms with E-state index in [1.165, 1.54) is 35.4 Å². The van der Waals surface area contributed by atoms with E-state index in [4.69, 9.17) is 4.74 Å². The van der Waals surface area contributed by atoms with Crippen molar-refractivity contribution in [1.82, 2.24) is 0 Å². The van der Waals surface area contributed by atoms with Crippen LogP contribution in [0, 0.1) is 19.3 Å². The highest BCUT2D eigenvalue weighted by molar-refractivity contribution is 5.87. The number of rotatable bonds is 9. The van der Waals surface area contributed by atoms with Crippen LogP contribution in [-0.2, 0) is 26.2 Å². The summed E-state index contributed by atoms with van der Waals surface area (Å²) in [4.78, 5) is 23.8. The molecule has 33 heavy (non-hydrogen) atoms. The molecule has 0 N–H and O–H groups in total. The molecule has 0 radical (unpaired) electrons. The van der Waals surface area contributed by atoms with Gasteiger partial charge < -0.3 is 4.74 Å². The van der Waals surface area contributed by atoms with E-state index in [-0.39, 0.29) is 16.8 Å². The van der Waals surface area contributed by atoms with Gasteiger partial charge in [-0.3, -0.25) is 4.79 Å². The number of esters is 1. The normalized spacial score (nSPS) is 12.2. The van der Waals surface area contributed by atoms with Crippen molar-refractivity contribution in [2.24, 2.45) is 5.41 Å². The Bertz CT molecular complexity index is 1020. The lowest BCUT2D eigenvalue weighted by atomic mass is 9.69. The van der Waals surface area contributed by atoms with Crippen molar-refractivity contribution < 1.29 is 14.3 Å². The van der Waals surface area contributed by atoms with Crippen LogP contribution in [0.3, 0.4) is 0 Å². The van der Waals surface area contributed by atoms with E-state index in [9.17, 15) is 9.59 Å². The van der Waals surface area contributed by atoms with Crippen LogP contribution in [0.1, 0.15) is 87.3 Å². The monoisotopic (exact) mass is 448 g/mol. The van der Waals surface area contributed by atoms with E-state index in [0.717, 1.165) is 30.4 Å². The molecule has 0 saturated heterocycles. The Morgan fingerprint density at radius 2 is 1.48 bits per heavy atom. The molecule has 0 fully saturated rings. The smallest absolute Gasteiger partial charge is 0.330 e. The lowest BCUT2D eigenvalue weighted by molar-refractivity contribution is -0.134. The van der Waals surface area contributed by atoms with Gasteiger partial charge in [0.05, 0.1) is 7.11 Å². The molecule has 0 aliphatic heterocycles. The molecule has 3 nitrogen and oxygen atoms in total. The van der Waals surface area contributed by atoms with Gasteiger partial charge in [-0.1, -0.05) is 71.0 Å². The van der Waals surface area contributed by atoms with Crippen molar-refractivity contribution in [2.75, 3.05) is 7.11 Å². The van der Waals surface area contributed by atoms with E-state index < -0.39 is 0 Å².